The maximum atomic E-state index is 13.5. The van der Waals surface area contributed by atoms with Crippen LogP contribution in [0.3, 0.4) is 0 Å². The molecular formula is C21H27N5O4S. The van der Waals surface area contributed by atoms with Gasteiger partial charge in [0.15, 0.2) is 10.8 Å². The molecule has 1 aliphatic rings. The van der Waals surface area contributed by atoms with Gasteiger partial charge in [-0.1, -0.05) is 11.3 Å². The summed E-state index contributed by atoms with van der Waals surface area (Å²) in [4.78, 5) is 22.3. The second-order valence-electron chi connectivity index (χ2n) is 7.39. The zero-order valence-corrected chi connectivity index (χ0v) is 19.1. The summed E-state index contributed by atoms with van der Waals surface area (Å²) in [7, 11) is 5.05. The molecule has 3 heterocycles. The highest BCUT2D eigenvalue weighted by Crippen LogP contribution is 2.40. The molecule has 0 radical (unpaired) electrons. The van der Waals surface area contributed by atoms with E-state index in [0.29, 0.717) is 47.6 Å². The lowest BCUT2D eigenvalue weighted by atomic mass is 10.2. The predicted molar refractivity (Wildman–Crippen MR) is 120 cm³/mol. The standard InChI is InChI=1S/C21H27N5O4S/c1-14-13-24(2)23-17(14)20(27)26(8-7-25-9-11-30-12-10-25)21-22-18-15(28-3)5-6-16(29-4)19(18)31-21/h5-6,13H,7-12H2,1-4H3. The molecular weight excluding hydrogens is 418 g/mol. The Bertz CT molecular complexity index is 1030. The molecule has 0 saturated carbocycles. The molecule has 1 fully saturated rings. The van der Waals surface area contributed by atoms with Crippen molar-refractivity contribution in [2.75, 3.05) is 58.5 Å². The monoisotopic (exact) mass is 445 g/mol. The number of aryl methyl sites for hydroxylation is 2. The fourth-order valence-electron chi connectivity index (χ4n) is 3.69. The Hall–Kier alpha value is -2.69. The molecule has 2 aromatic heterocycles. The lowest BCUT2D eigenvalue weighted by molar-refractivity contribution is 0.0391. The summed E-state index contributed by atoms with van der Waals surface area (Å²) in [6.07, 6.45) is 1.85. The smallest absolute Gasteiger partial charge is 0.280 e. The third kappa shape index (κ3) is 4.36. The highest BCUT2D eigenvalue weighted by atomic mass is 32.1. The molecule has 10 heteroatoms. The number of carbonyl (C=O) groups is 1. The van der Waals surface area contributed by atoms with Gasteiger partial charge in [0.1, 0.15) is 21.7 Å². The Kier molecular flexibility index (Phi) is 6.40. The number of thiazole rings is 1. The van der Waals surface area contributed by atoms with Crippen LogP contribution in [0.2, 0.25) is 0 Å². The number of ether oxygens (including phenoxy) is 3. The Morgan fingerprint density at radius 2 is 1.94 bits per heavy atom. The van der Waals surface area contributed by atoms with Crippen LogP contribution in [-0.2, 0) is 11.8 Å². The number of morpholine rings is 1. The zero-order valence-electron chi connectivity index (χ0n) is 18.3. The average Bonchev–Trinajstić information content (AvgIpc) is 3.36. The summed E-state index contributed by atoms with van der Waals surface area (Å²) in [5.41, 5.74) is 1.95. The first-order valence-electron chi connectivity index (χ1n) is 10.2. The SMILES string of the molecule is COc1ccc(OC)c2sc(N(CCN3CCOCC3)C(=O)c3nn(C)cc3C)nc12. The summed E-state index contributed by atoms with van der Waals surface area (Å²) >= 11 is 1.42. The highest BCUT2D eigenvalue weighted by Gasteiger charge is 2.27. The largest absolute Gasteiger partial charge is 0.495 e. The second-order valence-corrected chi connectivity index (χ2v) is 8.37. The Labute approximate surface area is 185 Å². The van der Waals surface area contributed by atoms with Crippen molar-refractivity contribution in [3.8, 4) is 11.5 Å². The number of anilines is 1. The molecule has 0 aliphatic carbocycles. The van der Waals surface area contributed by atoms with Gasteiger partial charge in [-0.15, -0.1) is 0 Å². The normalized spacial score (nSPS) is 14.7. The van der Waals surface area contributed by atoms with Crippen LogP contribution in [0.15, 0.2) is 18.3 Å². The Morgan fingerprint density at radius 1 is 1.23 bits per heavy atom. The summed E-state index contributed by atoms with van der Waals surface area (Å²) in [5, 5.41) is 4.99. The third-order valence-corrected chi connectivity index (χ3v) is 6.43. The van der Waals surface area contributed by atoms with Crippen molar-refractivity contribution in [3.05, 3.63) is 29.6 Å². The van der Waals surface area contributed by atoms with E-state index in [9.17, 15) is 4.79 Å². The van der Waals surface area contributed by atoms with E-state index >= 15 is 0 Å². The molecule has 4 rings (SSSR count). The number of benzene rings is 1. The van der Waals surface area contributed by atoms with Gasteiger partial charge in [0, 0.05) is 45.0 Å². The first-order chi connectivity index (χ1) is 15.0. The molecule has 0 unspecified atom stereocenters. The van der Waals surface area contributed by atoms with Crippen molar-refractivity contribution < 1.29 is 19.0 Å². The van der Waals surface area contributed by atoms with E-state index < -0.39 is 0 Å². The molecule has 1 aliphatic heterocycles. The minimum absolute atomic E-state index is 0.164. The summed E-state index contributed by atoms with van der Waals surface area (Å²) in [6, 6.07) is 3.68. The molecule has 0 spiro atoms. The van der Waals surface area contributed by atoms with Crippen molar-refractivity contribution in [3.63, 3.8) is 0 Å². The number of methoxy groups -OCH3 is 2. The summed E-state index contributed by atoms with van der Waals surface area (Å²) in [6.45, 7) is 6.25. The highest BCUT2D eigenvalue weighted by molar-refractivity contribution is 7.22. The van der Waals surface area contributed by atoms with Crippen LogP contribution in [0.1, 0.15) is 16.1 Å². The minimum atomic E-state index is -0.164. The molecule has 3 aromatic rings. The summed E-state index contributed by atoms with van der Waals surface area (Å²) in [5.74, 6) is 1.19. The van der Waals surface area contributed by atoms with E-state index in [2.05, 4.69) is 10.00 Å². The van der Waals surface area contributed by atoms with Crippen LogP contribution in [0.25, 0.3) is 10.2 Å². The lowest BCUT2D eigenvalue weighted by Crippen LogP contribution is -2.43. The van der Waals surface area contributed by atoms with E-state index in [1.807, 2.05) is 32.3 Å². The van der Waals surface area contributed by atoms with Crippen LogP contribution < -0.4 is 14.4 Å². The number of nitrogens with zero attached hydrogens (tertiary/aromatic N) is 5. The van der Waals surface area contributed by atoms with Gasteiger partial charge in [-0.05, 0) is 19.1 Å². The van der Waals surface area contributed by atoms with Crippen LogP contribution in [0, 0.1) is 6.92 Å². The molecule has 0 atom stereocenters. The molecule has 166 valence electrons. The molecule has 1 saturated heterocycles. The van der Waals surface area contributed by atoms with Gasteiger partial charge >= 0.3 is 0 Å². The molecule has 0 N–H and O–H groups in total. The van der Waals surface area contributed by atoms with E-state index in [1.54, 1.807) is 23.8 Å². The number of aromatic nitrogens is 3. The van der Waals surface area contributed by atoms with Crippen LogP contribution in [0.5, 0.6) is 11.5 Å². The summed E-state index contributed by atoms with van der Waals surface area (Å²) < 4.78 is 19.0. The lowest BCUT2D eigenvalue weighted by Gasteiger charge is -2.29. The third-order valence-electron chi connectivity index (χ3n) is 5.33. The van der Waals surface area contributed by atoms with Gasteiger partial charge in [-0.2, -0.15) is 5.10 Å². The van der Waals surface area contributed by atoms with Gasteiger partial charge in [0.25, 0.3) is 5.91 Å². The first-order valence-corrected chi connectivity index (χ1v) is 11.0. The molecule has 9 nitrogen and oxygen atoms in total. The van der Waals surface area contributed by atoms with E-state index in [1.165, 1.54) is 11.3 Å². The van der Waals surface area contributed by atoms with Gasteiger partial charge < -0.3 is 14.2 Å². The quantitative estimate of drug-likeness (QED) is 0.552. The Balaban J connectivity index is 1.72. The maximum Gasteiger partial charge on any atom is 0.280 e. The van der Waals surface area contributed by atoms with Crippen LogP contribution in [0.4, 0.5) is 5.13 Å². The predicted octanol–water partition coefficient (Wildman–Crippen LogP) is 2.33. The van der Waals surface area contributed by atoms with Gasteiger partial charge in [0.05, 0.1) is 27.4 Å². The van der Waals surface area contributed by atoms with Crippen molar-refractivity contribution in [2.24, 2.45) is 7.05 Å². The molecule has 31 heavy (non-hydrogen) atoms. The topological polar surface area (TPSA) is 82.0 Å². The number of carbonyl (C=O) groups excluding carboxylic acids is 1. The molecule has 0 bridgehead atoms. The minimum Gasteiger partial charge on any atom is -0.495 e. The van der Waals surface area contributed by atoms with Crippen LogP contribution in [-0.4, -0.2) is 79.2 Å². The fraction of sp³-hybridized carbons (Fsp3) is 0.476. The fourth-order valence-corrected chi connectivity index (χ4v) is 4.78. The number of hydrogen-bond donors (Lipinski definition) is 0. The average molecular weight is 446 g/mol. The van der Waals surface area contributed by atoms with Gasteiger partial charge in [0.2, 0.25) is 0 Å². The number of rotatable bonds is 7. The van der Waals surface area contributed by atoms with Gasteiger partial charge in [-0.25, -0.2) is 4.98 Å². The van der Waals surface area contributed by atoms with Crippen molar-refractivity contribution in [1.82, 2.24) is 19.7 Å². The van der Waals surface area contributed by atoms with E-state index in [-0.39, 0.29) is 5.91 Å². The Morgan fingerprint density at radius 3 is 2.58 bits per heavy atom. The van der Waals surface area contributed by atoms with Crippen molar-refractivity contribution >= 4 is 32.6 Å². The van der Waals surface area contributed by atoms with Crippen molar-refractivity contribution in [1.29, 1.82) is 0 Å². The number of fused-ring (bicyclic) bond motifs is 1. The zero-order chi connectivity index (χ0) is 22.0. The first kappa shape index (κ1) is 21.5. The maximum absolute atomic E-state index is 13.5. The number of hydrogen-bond acceptors (Lipinski definition) is 8. The number of amides is 1. The molecule has 1 amide bonds. The second kappa shape index (κ2) is 9.21. The van der Waals surface area contributed by atoms with Crippen LogP contribution >= 0.6 is 11.3 Å². The van der Waals surface area contributed by atoms with E-state index in [4.69, 9.17) is 19.2 Å². The van der Waals surface area contributed by atoms with Gasteiger partial charge in [-0.3, -0.25) is 19.3 Å². The van der Waals surface area contributed by atoms with E-state index in [0.717, 1.165) is 29.9 Å². The molecule has 1 aromatic carbocycles. The van der Waals surface area contributed by atoms with Crippen molar-refractivity contribution in [2.45, 2.75) is 6.92 Å².